The summed E-state index contributed by atoms with van der Waals surface area (Å²) in [6.07, 6.45) is 0.388. The molecular formula is C12H16N2O4S2. The lowest BCUT2D eigenvalue weighted by Gasteiger charge is -2.33. The quantitative estimate of drug-likeness (QED) is 0.322. The van der Waals surface area contributed by atoms with Gasteiger partial charge in [0, 0.05) is 43.7 Å². The maximum atomic E-state index is 12.2. The third-order valence-corrected chi connectivity index (χ3v) is 5.95. The number of likely N-dealkylation sites (tertiary alicyclic amines) is 1. The number of amides is 2. The van der Waals surface area contributed by atoms with Crippen molar-refractivity contribution in [2.45, 2.75) is 31.2 Å². The van der Waals surface area contributed by atoms with E-state index in [1.807, 2.05) is 0 Å². The van der Waals surface area contributed by atoms with Crippen LogP contribution >= 0.6 is 21.6 Å². The highest BCUT2D eigenvalue weighted by Gasteiger charge is 2.58. The minimum absolute atomic E-state index is 0.0851. The van der Waals surface area contributed by atoms with E-state index in [4.69, 9.17) is 5.73 Å². The lowest BCUT2D eigenvalue weighted by atomic mass is 9.95. The fraction of sp³-hybridized carbons (Fsp3) is 0.667. The van der Waals surface area contributed by atoms with Crippen molar-refractivity contribution in [3.8, 4) is 0 Å². The molecule has 1 aliphatic heterocycles. The zero-order chi connectivity index (χ0) is 14.8. The van der Waals surface area contributed by atoms with E-state index in [2.05, 4.69) is 0 Å². The van der Waals surface area contributed by atoms with E-state index in [-0.39, 0.29) is 43.0 Å². The van der Waals surface area contributed by atoms with E-state index in [9.17, 15) is 19.2 Å². The van der Waals surface area contributed by atoms with Gasteiger partial charge in [0.1, 0.15) is 0 Å². The number of Topliss-reactive ketones (excluding diaryl/α,β-unsaturated/α-hetero) is 2. The van der Waals surface area contributed by atoms with Crippen molar-refractivity contribution in [1.82, 2.24) is 4.90 Å². The second-order valence-corrected chi connectivity index (χ2v) is 7.28. The summed E-state index contributed by atoms with van der Waals surface area (Å²) in [5, 5.41) is 0. The van der Waals surface area contributed by atoms with Crippen LogP contribution in [0.1, 0.15) is 25.7 Å². The summed E-state index contributed by atoms with van der Waals surface area (Å²) in [4.78, 5) is 49.2. The zero-order valence-corrected chi connectivity index (χ0v) is 12.6. The first kappa shape index (κ1) is 15.5. The molecule has 2 aliphatic rings. The molecule has 0 aromatic heterocycles. The predicted molar refractivity (Wildman–Crippen MR) is 77.0 cm³/mol. The van der Waals surface area contributed by atoms with Gasteiger partial charge >= 0.3 is 0 Å². The summed E-state index contributed by atoms with van der Waals surface area (Å²) >= 11 is 0. The van der Waals surface area contributed by atoms with Crippen molar-refractivity contribution < 1.29 is 19.2 Å². The molecule has 1 aliphatic carbocycles. The average Bonchev–Trinajstić information content (AvgIpc) is 2.89. The maximum absolute atomic E-state index is 12.2. The van der Waals surface area contributed by atoms with E-state index in [1.165, 1.54) is 21.6 Å². The van der Waals surface area contributed by atoms with Crippen LogP contribution in [0.3, 0.4) is 0 Å². The van der Waals surface area contributed by atoms with Crippen molar-refractivity contribution in [3.63, 3.8) is 0 Å². The molecule has 20 heavy (non-hydrogen) atoms. The smallest absolute Gasteiger partial charge is 0.230 e. The topological polar surface area (TPSA) is 97.5 Å². The Morgan fingerprint density at radius 3 is 2.00 bits per heavy atom. The van der Waals surface area contributed by atoms with Gasteiger partial charge in [-0.05, 0) is 0 Å². The molecule has 110 valence electrons. The number of carbonyl (C=O) groups is 4. The Morgan fingerprint density at radius 1 is 0.950 bits per heavy atom. The molecule has 1 saturated heterocycles. The molecule has 1 heterocycles. The Bertz CT molecular complexity index is 434. The first-order chi connectivity index (χ1) is 9.54. The third kappa shape index (κ3) is 2.51. The number of hydrogen-bond acceptors (Lipinski definition) is 7. The number of nitrogens with two attached hydrogens (primary N) is 1. The number of imide groups is 1. The van der Waals surface area contributed by atoms with Gasteiger partial charge in [-0.3, -0.25) is 24.1 Å². The Balaban J connectivity index is 2.25. The van der Waals surface area contributed by atoms with E-state index < -0.39 is 17.4 Å². The normalized spacial score (nSPS) is 22.1. The Labute approximate surface area is 124 Å². The van der Waals surface area contributed by atoms with Gasteiger partial charge in [-0.2, -0.15) is 0 Å². The number of hydrogen-bond donors (Lipinski definition) is 1. The van der Waals surface area contributed by atoms with Crippen molar-refractivity contribution in [3.05, 3.63) is 0 Å². The molecule has 0 aromatic rings. The third-order valence-electron chi connectivity index (χ3n) is 3.49. The van der Waals surface area contributed by atoms with Crippen LogP contribution in [0.15, 0.2) is 0 Å². The van der Waals surface area contributed by atoms with Crippen LogP contribution in [0.25, 0.3) is 0 Å². The van der Waals surface area contributed by atoms with E-state index in [1.54, 1.807) is 0 Å². The zero-order valence-electron chi connectivity index (χ0n) is 10.9. The molecule has 0 atom stereocenters. The van der Waals surface area contributed by atoms with Gasteiger partial charge in [0.25, 0.3) is 0 Å². The molecule has 0 unspecified atom stereocenters. The second-order valence-electron chi connectivity index (χ2n) is 4.70. The van der Waals surface area contributed by atoms with Crippen LogP contribution in [-0.2, 0) is 19.2 Å². The van der Waals surface area contributed by atoms with E-state index >= 15 is 0 Å². The van der Waals surface area contributed by atoms with E-state index in [0.29, 0.717) is 12.3 Å². The van der Waals surface area contributed by atoms with Crippen LogP contribution in [0.5, 0.6) is 0 Å². The van der Waals surface area contributed by atoms with Crippen LogP contribution in [0, 0.1) is 0 Å². The Hall–Kier alpha value is -0.860. The summed E-state index contributed by atoms with van der Waals surface area (Å²) in [5.41, 5.74) is 3.83. The van der Waals surface area contributed by atoms with Crippen molar-refractivity contribution in [2.24, 2.45) is 5.73 Å². The largest absolute Gasteiger partial charge is 0.330 e. The van der Waals surface area contributed by atoms with Crippen LogP contribution in [-0.4, -0.2) is 51.9 Å². The van der Waals surface area contributed by atoms with Crippen LogP contribution in [0.4, 0.5) is 0 Å². The molecule has 1 saturated carbocycles. The fourth-order valence-electron chi connectivity index (χ4n) is 2.51. The van der Waals surface area contributed by atoms with Crippen LogP contribution < -0.4 is 5.73 Å². The van der Waals surface area contributed by atoms with Gasteiger partial charge in [0.15, 0.2) is 17.1 Å². The molecule has 2 amide bonds. The standard InChI is InChI=1S/C12H16N2O4S2/c13-5-6-19-20-7-12(8(15)1-2-9(12)16)14-10(17)3-4-11(14)18/h1-7,13H2. The highest BCUT2D eigenvalue weighted by atomic mass is 33.1. The minimum Gasteiger partial charge on any atom is -0.330 e. The molecule has 2 N–H and O–H groups in total. The Kier molecular flexibility index (Phi) is 4.87. The monoisotopic (exact) mass is 316 g/mol. The molecule has 0 spiro atoms. The molecule has 2 fully saturated rings. The lowest BCUT2D eigenvalue weighted by Crippen LogP contribution is -2.60. The molecule has 0 radical (unpaired) electrons. The summed E-state index contributed by atoms with van der Waals surface area (Å²) in [5.74, 6) is -0.636. The highest BCUT2D eigenvalue weighted by Crippen LogP contribution is 2.38. The summed E-state index contributed by atoms with van der Waals surface area (Å²) in [6, 6.07) is 0. The first-order valence-electron chi connectivity index (χ1n) is 6.41. The molecule has 8 heteroatoms. The number of carbonyl (C=O) groups excluding carboxylic acids is 4. The molecule has 0 aromatic carbocycles. The Morgan fingerprint density at radius 2 is 1.50 bits per heavy atom. The van der Waals surface area contributed by atoms with E-state index in [0.717, 1.165) is 4.90 Å². The predicted octanol–water partition coefficient (Wildman–Crippen LogP) is 0.146. The van der Waals surface area contributed by atoms with Crippen molar-refractivity contribution in [2.75, 3.05) is 18.1 Å². The number of nitrogens with zero attached hydrogens (tertiary/aromatic N) is 1. The fourth-order valence-corrected chi connectivity index (χ4v) is 4.83. The second kappa shape index (κ2) is 6.28. The molecule has 2 rings (SSSR count). The van der Waals surface area contributed by atoms with Crippen LogP contribution in [0.2, 0.25) is 0 Å². The highest BCUT2D eigenvalue weighted by molar-refractivity contribution is 8.76. The van der Waals surface area contributed by atoms with Gasteiger partial charge < -0.3 is 5.73 Å². The first-order valence-corrected chi connectivity index (χ1v) is 8.90. The lowest BCUT2D eigenvalue weighted by molar-refractivity contribution is -0.154. The minimum atomic E-state index is -1.56. The van der Waals surface area contributed by atoms with Gasteiger partial charge in [0.2, 0.25) is 11.8 Å². The van der Waals surface area contributed by atoms with Gasteiger partial charge in [-0.15, -0.1) is 0 Å². The molecular weight excluding hydrogens is 300 g/mol. The summed E-state index contributed by atoms with van der Waals surface area (Å²) < 4.78 is 0. The molecule has 0 bridgehead atoms. The number of ketones is 2. The SMILES string of the molecule is NCCSSCC1(N2C(=O)CCC2=O)C(=O)CCC1=O. The maximum Gasteiger partial charge on any atom is 0.230 e. The average molecular weight is 316 g/mol. The summed E-state index contributed by atoms with van der Waals surface area (Å²) in [6.45, 7) is 0.494. The van der Waals surface area contributed by atoms with Crippen molar-refractivity contribution >= 4 is 45.0 Å². The summed E-state index contributed by atoms with van der Waals surface area (Å²) in [7, 11) is 2.76. The molecule has 6 nitrogen and oxygen atoms in total. The van der Waals surface area contributed by atoms with Gasteiger partial charge in [-0.25, -0.2) is 0 Å². The van der Waals surface area contributed by atoms with Gasteiger partial charge in [0.05, 0.1) is 0 Å². The number of rotatable bonds is 6. The van der Waals surface area contributed by atoms with Crippen molar-refractivity contribution in [1.29, 1.82) is 0 Å². The van der Waals surface area contributed by atoms with Gasteiger partial charge in [-0.1, -0.05) is 21.6 Å².